The van der Waals surface area contributed by atoms with E-state index in [-0.39, 0.29) is 5.43 Å². The molecule has 3 aromatic carbocycles. The van der Waals surface area contributed by atoms with Crippen molar-refractivity contribution in [3.8, 4) is 22.6 Å². The van der Waals surface area contributed by atoms with Crippen molar-refractivity contribution in [1.29, 1.82) is 0 Å². The van der Waals surface area contributed by atoms with E-state index in [4.69, 9.17) is 8.83 Å². The fourth-order valence-electron chi connectivity index (χ4n) is 3.63. The number of quaternary nitrogens is 1. The van der Waals surface area contributed by atoms with Crippen LogP contribution >= 0.6 is 0 Å². The Balaban J connectivity index is 1.76. The zero-order valence-electron chi connectivity index (χ0n) is 16.2. The molecule has 2 aromatic heterocycles. The Morgan fingerprint density at radius 2 is 1.24 bits per heavy atom. The number of hydrogen-bond donors (Lipinski definition) is 1. The fourth-order valence-corrected chi connectivity index (χ4v) is 3.63. The van der Waals surface area contributed by atoms with E-state index in [0.29, 0.717) is 16.9 Å². The van der Waals surface area contributed by atoms with Gasteiger partial charge >= 0.3 is 0 Å². The van der Waals surface area contributed by atoms with Gasteiger partial charge in [-0.3, -0.25) is 4.79 Å². The number of nitrogens with one attached hydrogen (secondary N) is 1. The molecule has 0 atom stereocenters. The maximum atomic E-state index is 12.2. The van der Waals surface area contributed by atoms with Crippen molar-refractivity contribution in [2.24, 2.45) is 0 Å². The standard InChI is InChI=1S/C25H19NO3/c1-26(2)19-10-8-17(9-11-19)22-13-18-12-21(16-6-4-3-5-7-16)28-23-14-20(27)15-24(29-22)25(18)23/h3-15H,1-2H3/p+1. The van der Waals surface area contributed by atoms with E-state index in [1.54, 1.807) is 0 Å². The third-order valence-electron chi connectivity index (χ3n) is 5.15. The Morgan fingerprint density at radius 1 is 0.690 bits per heavy atom. The van der Waals surface area contributed by atoms with Crippen molar-refractivity contribution in [2.45, 2.75) is 0 Å². The Morgan fingerprint density at radius 3 is 1.79 bits per heavy atom. The molecule has 5 rings (SSSR count). The minimum atomic E-state index is -0.139. The SMILES string of the molecule is C[NH+](C)c1ccc(-c2cc3cc(-c4ccccc4)oc4cc(=O)cc(o2)c34)cc1. The highest BCUT2D eigenvalue weighted by molar-refractivity contribution is 6.07. The summed E-state index contributed by atoms with van der Waals surface area (Å²) in [5.41, 5.74) is 4.05. The number of rotatable bonds is 3. The molecule has 2 heterocycles. The molecular weight excluding hydrogens is 362 g/mol. The van der Waals surface area contributed by atoms with E-state index in [1.807, 2.05) is 54.6 Å². The van der Waals surface area contributed by atoms with Gasteiger partial charge in [0.15, 0.2) is 5.43 Å². The van der Waals surface area contributed by atoms with Crippen molar-refractivity contribution in [1.82, 2.24) is 0 Å². The second-order valence-corrected chi connectivity index (χ2v) is 7.41. The van der Waals surface area contributed by atoms with Gasteiger partial charge in [-0.05, 0) is 41.8 Å². The van der Waals surface area contributed by atoms with Crippen molar-refractivity contribution < 1.29 is 13.7 Å². The van der Waals surface area contributed by atoms with Gasteiger partial charge in [-0.2, -0.15) is 0 Å². The molecule has 0 radical (unpaired) electrons. The van der Waals surface area contributed by atoms with Crippen LogP contribution in [-0.2, 0) is 0 Å². The Kier molecular flexibility index (Phi) is 4.07. The van der Waals surface area contributed by atoms with Crippen molar-refractivity contribution in [3.05, 3.63) is 89.1 Å². The van der Waals surface area contributed by atoms with Gasteiger partial charge in [-0.1, -0.05) is 30.3 Å². The molecule has 0 saturated heterocycles. The largest absolute Gasteiger partial charge is 0.456 e. The zero-order valence-corrected chi connectivity index (χ0v) is 16.2. The normalized spacial score (nSPS) is 11.6. The third kappa shape index (κ3) is 3.13. The molecule has 142 valence electrons. The first kappa shape index (κ1) is 17.5. The third-order valence-corrected chi connectivity index (χ3v) is 5.15. The summed E-state index contributed by atoms with van der Waals surface area (Å²) in [4.78, 5) is 13.5. The first-order valence-electron chi connectivity index (χ1n) is 9.56. The number of benzene rings is 3. The minimum absolute atomic E-state index is 0.139. The molecule has 0 fully saturated rings. The molecule has 0 aliphatic carbocycles. The lowest BCUT2D eigenvalue weighted by Gasteiger charge is -2.11. The van der Waals surface area contributed by atoms with E-state index in [9.17, 15) is 4.79 Å². The van der Waals surface area contributed by atoms with Crippen LogP contribution in [0.1, 0.15) is 0 Å². The molecule has 0 spiro atoms. The van der Waals surface area contributed by atoms with Gasteiger partial charge < -0.3 is 13.7 Å². The van der Waals surface area contributed by atoms with Crippen LogP contribution in [0.25, 0.3) is 44.6 Å². The number of hydrogen-bond acceptors (Lipinski definition) is 3. The summed E-state index contributed by atoms with van der Waals surface area (Å²) in [5.74, 6) is 1.43. The summed E-state index contributed by atoms with van der Waals surface area (Å²) in [5, 5.41) is 1.80. The predicted octanol–water partition coefficient (Wildman–Crippen LogP) is 4.65. The van der Waals surface area contributed by atoms with E-state index in [1.165, 1.54) is 22.7 Å². The minimum Gasteiger partial charge on any atom is -0.456 e. The molecule has 0 bridgehead atoms. The summed E-state index contributed by atoms with van der Waals surface area (Å²) in [7, 11) is 4.18. The van der Waals surface area contributed by atoms with E-state index in [2.05, 4.69) is 26.2 Å². The van der Waals surface area contributed by atoms with Crippen LogP contribution in [0.3, 0.4) is 0 Å². The smallest absolute Gasteiger partial charge is 0.186 e. The van der Waals surface area contributed by atoms with Crippen LogP contribution < -0.4 is 10.3 Å². The predicted molar refractivity (Wildman–Crippen MR) is 116 cm³/mol. The molecule has 0 aliphatic heterocycles. The van der Waals surface area contributed by atoms with Crippen LogP contribution in [0, 0.1) is 0 Å². The van der Waals surface area contributed by atoms with Crippen LogP contribution in [0.15, 0.2) is 92.5 Å². The van der Waals surface area contributed by atoms with E-state index < -0.39 is 0 Å². The van der Waals surface area contributed by atoms with E-state index >= 15 is 0 Å². The molecule has 0 unspecified atom stereocenters. The molecule has 0 aliphatic rings. The molecule has 4 heteroatoms. The summed E-state index contributed by atoms with van der Waals surface area (Å²) in [6.07, 6.45) is 0. The lowest BCUT2D eigenvalue weighted by Crippen LogP contribution is -3.00. The highest BCUT2D eigenvalue weighted by Gasteiger charge is 2.14. The summed E-state index contributed by atoms with van der Waals surface area (Å²) in [6, 6.07) is 25.2. The van der Waals surface area contributed by atoms with Crippen LogP contribution in [0.4, 0.5) is 5.69 Å². The Bertz CT molecular complexity index is 1380. The Labute approximate surface area is 167 Å². The second-order valence-electron chi connectivity index (χ2n) is 7.41. The molecular formula is C25H20NO3+. The summed E-state index contributed by atoms with van der Waals surface area (Å²) >= 11 is 0. The molecule has 5 aromatic rings. The van der Waals surface area contributed by atoms with Crippen LogP contribution in [-0.4, -0.2) is 14.1 Å². The van der Waals surface area contributed by atoms with Gasteiger partial charge in [0.25, 0.3) is 0 Å². The summed E-state index contributed by atoms with van der Waals surface area (Å²) in [6.45, 7) is 0. The fraction of sp³-hybridized carbons (Fsp3) is 0.0800. The highest BCUT2D eigenvalue weighted by Crippen LogP contribution is 2.35. The lowest BCUT2D eigenvalue weighted by atomic mass is 10.0. The first-order chi connectivity index (χ1) is 14.1. The van der Waals surface area contributed by atoms with Crippen molar-refractivity contribution in [2.75, 3.05) is 14.1 Å². The average molecular weight is 382 g/mol. The van der Waals surface area contributed by atoms with Crippen molar-refractivity contribution >= 4 is 27.6 Å². The molecule has 0 amide bonds. The highest BCUT2D eigenvalue weighted by atomic mass is 16.3. The maximum absolute atomic E-state index is 12.2. The maximum Gasteiger partial charge on any atom is 0.186 e. The average Bonchev–Trinajstić information content (AvgIpc) is 2.73. The van der Waals surface area contributed by atoms with Gasteiger partial charge in [0.1, 0.15) is 28.4 Å². The monoisotopic (exact) mass is 382 g/mol. The molecule has 4 nitrogen and oxygen atoms in total. The molecule has 0 saturated carbocycles. The quantitative estimate of drug-likeness (QED) is 0.494. The topological polar surface area (TPSA) is 47.8 Å². The van der Waals surface area contributed by atoms with Gasteiger partial charge in [0.05, 0.1) is 19.5 Å². The Hall–Kier alpha value is -3.63. The second kappa shape index (κ2) is 6.76. The van der Waals surface area contributed by atoms with Gasteiger partial charge in [-0.25, -0.2) is 0 Å². The zero-order chi connectivity index (χ0) is 20.0. The van der Waals surface area contributed by atoms with Gasteiger partial charge in [0.2, 0.25) is 0 Å². The van der Waals surface area contributed by atoms with Crippen LogP contribution in [0.5, 0.6) is 0 Å². The first-order valence-corrected chi connectivity index (χ1v) is 9.56. The van der Waals surface area contributed by atoms with Crippen molar-refractivity contribution in [3.63, 3.8) is 0 Å². The van der Waals surface area contributed by atoms with Gasteiger partial charge in [-0.15, -0.1) is 0 Å². The molecule has 1 N–H and O–H groups in total. The van der Waals surface area contributed by atoms with E-state index in [0.717, 1.165) is 27.7 Å². The van der Waals surface area contributed by atoms with Crippen LogP contribution in [0.2, 0.25) is 0 Å². The van der Waals surface area contributed by atoms with Gasteiger partial charge in [0, 0.05) is 23.3 Å². The molecule has 29 heavy (non-hydrogen) atoms. The lowest BCUT2D eigenvalue weighted by molar-refractivity contribution is -0.786. The summed E-state index contributed by atoms with van der Waals surface area (Å²) < 4.78 is 12.2.